The summed E-state index contributed by atoms with van der Waals surface area (Å²) in [5, 5.41) is 9.56. The number of piperidine rings is 1. The minimum absolute atomic E-state index is 0.428. The van der Waals surface area contributed by atoms with Crippen LogP contribution in [0.15, 0.2) is 24.3 Å². The van der Waals surface area contributed by atoms with Crippen molar-refractivity contribution in [3.8, 4) is 0 Å². The van der Waals surface area contributed by atoms with Crippen LogP contribution in [0, 0.1) is 5.41 Å². The third kappa shape index (κ3) is 3.11. The Hall–Kier alpha value is -1.39. The second-order valence-corrected chi connectivity index (χ2v) is 6.80. The summed E-state index contributed by atoms with van der Waals surface area (Å²) in [6, 6.07) is 8.45. The van der Waals surface area contributed by atoms with Gasteiger partial charge < -0.3 is 10.2 Å². The molecule has 1 aromatic carbocycles. The van der Waals surface area contributed by atoms with Crippen molar-refractivity contribution in [1.29, 1.82) is 0 Å². The maximum absolute atomic E-state index is 4.65. The molecule has 2 aromatic rings. The van der Waals surface area contributed by atoms with Gasteiger partial charge in [0.05, 0.1) is 11.2 Å². The third-order valence-corrected chi connectivity index (χ3v) is 4.87. The molecule has 1 N–H and O–H groups in total. The van der Waals surface area contributed by atoms with Crippen LogP contribution in [0.3, 0.4) is 0 Å². The van der Waals surface area contributed by atoms with Gasteiger partial charge in [-0.2, -0.15) is 5.10 Å². The number of likely N-dealkylation sites (tertiary alicyclic amines) is 1. The number of fused-ring (bicyclic) bond motifs is 1. The number of hydrogen-bond acceptors (Lipinski definition) is 3. The maximum atomic E-state index is 4.65. The van der Waals surface area contributed by atoms with Gasteiger partial charge in [-0.1, -0.05) is 25.1 Å². The normalized spacial score (nSPS) is 19.2. The lowest BCUT2D eigenvalue weighted by molar-refractivity contribution is 0.136. The minimum Gasteiger partial charge on any atom is -0.311 e. The van der Waals surface area contributed by atoms with Gasteiger partial charge in [0.2, 0.25) is 0 Å². The molecule has 0 spiro atoms. The zero-order valence-electron chi connectivity index (χ0n) is 13.4. The van der Waals surface area contributed by atoms with Crippen LogP contribution in [0.2, 0.25) is 0 Å². The summed E-state index contributed by atoms with van der Waals surface area (Å²) in [6.07, 6.45) is 2.55. The van der Waals surface area contributed by atoms with Crippen LogP contribution in [0.1, 0.15) is 25.5 Å². The van der Waals surface area contributed by atoms with Crippen molar-refractivity contribution in [3.63, 3.8) is 0 Å². The Morgan fingerprint density at radius 1 is 1.19 bits per heavy atom. The molecule has 0 unspecified atom stereocenters. The van der Waals surface area contributed by atoms with Crippen molar-refractivity contribution in [2.24, 2.45) is 12.5 Å². The number of hydrogen-bond donors (Lipinski definition) is 1. The predicted octanol–water partition coefficient (Wildman–Crippen LogP) is 2.39. The molecule has 3 rings (SSSR count). The standard InChI is InChI=1S/C17H26N4/c1-17(8-10-20(2)11-9-17)13-18-12-15-14-6-4-5-7-16(14)21(3)19-15/h4-7,18H,8-13H2,1-3H3. The molecule has 4 nitrogen and oxygen atoms in total. The Morgan fingerprint density at radius 3 is 2.67 bits per heavy atom. The van der Waals surface area contributed by atoms with E-state index in [1.807, 2.05) is 11.7 Å². The molecule has 0 aliphatic carbocycles. The maximum Gasteiger partial charge on any atom is 0.0841 e. The van der Waals surface area contributed by atoms with Gasteiger partial charge in [0.1, 0.15) is 0 Å². The van der Waals surface area contributed by atoms with Crippen LogP contribution in [0.25, 0.3) is 10.9 Å². The lowest BCUT2D eigenvalue weighted by Gasteiger charge is -2.38. The first-order chi connectivity index (χ1) is 10.1. The largest absolute Gasteiger partial charge is 0.311 e. The molecular weight excluding hydrogens is 260 g/mol. The number of benzene rings is 1. The predicted molar refractivity (Wildman–Crippen MR) is 87.3 cm³/mol. The van der Waals surface area contributed by atoms with E-state index in [9.17, 15) is 0 Å². The monoisotopic (exact) mass is 286 g/mol. The smallest absolute Gasteiger partial charge is 0.0841 e. The highest BCUT2D eigenvalue weighted by Gasteiger charge is 2.28. The summed E-state index contributed by atoms with van der Waals surface area (Å²) in [5.41, 5.74) is 2.79. The highest BCUT2D eigenvalue weighted by molar-refractivity contribution is 5.81. The van der Waals surface area contributed by atoms with E-state index in [4.69, 9.17) is 0 Å². The van der Waals surface area contributed by atoms with E-state index < -0.39 is 0 Å². The lowest BCUT2D eigenvalue weighted by Crippen LogP contribution is -2.41. The molecule has 4 heteroatoms. The van der Waals surface area contributed by atoms with E-state index in [0.717, 1.165) is 18.8 Å². The number of aromatic nitrogens is 2. The van der Waals surface area contributed by atoms with Crippen molar-refractivity contribution in [1.82, 2.24) is 20.0 Å². The Morgan fingerprint density at radius 2 is 1.90 bits per heavy atom. The van der Waals surface area contributed by atoms with Gasteiger partial charge in [0, 0.05) is 25.5 Å². The molecular formula is C17H26N4. The molecule has 0 amide bonds. The van der Waals surface area contributed by atoms with E-state index in [-0.39, 0.29) is 0 Å². The number of rotatable bonds is 4. The average Bonchev–Trinajstić information content (AvgIpc) is 2.80. The minimum atomic E-state index is 0.428. The Labute approximate surface area is 127 Å². The van der Waals surface area contributed by atoms with Crippen LogP contribution in [-0.2, 0) is 13.6 Å². The molecule has 0 radical (unpaired) electrons. The average molecular weight is 286 g/mol. The van der Waals surface area contributed by atoms with Gasteiger partial charge in [0.15, 0.2) is 0 Å². The third-order valence-electron chi connectivity index (χ3n) is 4.87. The summed E-state index contributed by atoms with van der Waals surface area (Å²) in [5.74, 6) is 0. The van der Waals surface area contributed by atoms with Gasteiger partial charge in [0.25, 0.3) is 0 Å². The molecule has 2 heterocycles. The highest BCUT2D eigenvalue weighted by atomic mass is 15.3. The van der Waals surface area contributed by atoms with Gasteiger partial charge in [-0.25, -0.2) is 0 Å². The summed E-state index contributed by atoms with van der Waals surface area (Å²) in [4.78, 5) is 2.42. The number of para-hydroxylation sites is 1. The number of nitrogens with one attached hydrogen (secondary N) is 1. The van der Waals surface area contributed by atoms with Gasteiger partial charge >= 0.3 is 0 Å². The topological polar surface area (TPSA) is 33.1 Å². The first-order valence-electron chi connectivity index (χ1n) is 7.87. The van der Waals surface area contributed by atoms with Crippen LogP contribution in [0.5, 0.6) is 0 Å². The van der Waals surface area contributed by atoms with E-state index in [1.54, 1.807) is 0 Å². The zero-order chi connectivity index (χ0) is 14.9. The van der Waals surface area contributed by atoms with E-state index in [0.29, 0.717) is 5.41 Å². The Balaban J connectivity index is 1.62. The summed E-state index contributed by atoms with van der Waals surface area (Å²) in [6.45, 7) is 6.76. The Kier molecular flexibility index (Phi) is 4.00. The van der Waals surface area contributed by atoms with Crippen LogP contribution in [-0.4, -0.2) is 41.4 Å². The Bertz CT molecular complexity index is 608. The van der Waals surface area contributed by atoms with E-state index in [1.165, 1.54) is 36.8 Å². The molecule has 0 bridgehead atoms. The second-order valence-electron chi connectivity index (χ2n) is 6.80. The van der Waals surface area contributed by atoms with Crippen molar-refractivity contribution >= 4 is 10.9 Å². The molecule has 1 aliphatic rings. The van der Waals surface area contributed by atoms with Crippen molar-refractivity contribution in [2.75, 3.05) is 26.7 Å². The van der Waals surface area contributed by atoms with E-state index in [2.05, 4.69) is 53.6 Å². The summed E-state index contributed by atoms with van der Waals surface area (Å²) in [7, 11) is 4.23. The molecule has 0 saturated carbocycles. The van der Waals surface area contributed by atoms with Gasteiger partial charge in [-0.05, 0) is 44.5 Å². The van der Waals surface area contributed by atoms with E-state index >= 15 is 0 Å². The number of nitrogens with zero attached hydrogens (tertiary/aromatic N) is 3. The fraction of sp³-hybridized carbons (Fsp3) is 0.588. The molecule has 114 valence electrons. The van der Waals surface area contributed by atoms with Gasteiger partial charge in [-0.15, -0.1) is 0 Å². The molecule has 1 aliphatic heterocycles. The summed E-state index contributed by atoms with van der Waals surface area (Å²) < 4.78 is 1.98. The fourth-order valence-electron chi connectivity index (χ4n) is 3.24. The van der Waals surface area contributed by atoms with Gasteiger partial charge in [-0.3, -0.25) is 4.68 Å². The van der Waals surface area contributed by atoms with Crippen molar-refractivity contribution in [2.45, 2.75) is 26.3 Å². The molecule has 1 fully saturated rings. The first-order valence-corrected chi connectivity index (χ1v) is 7.87. The van der Waals surface area contributed by atoms with Crippen LogP contribution < -0.4 is 5.32 Å². The van der Waals surface area contributed by atoms with Crippen LogP contribution >= 0.6 is 0 Å². The lowest BCUT2D eigenvalue weighted by atomic mass is 9.80. The molecule has 0 atom stereocenters. The fourth-order valence-corrected chi connectivity index (χ4v) is 3.24. The molecule has 1 saturated heterocycles. The zero-order valence-corrected chi connectivity index (χ0v) is 13.4. The molecule has 21 heavy (non-hydrogen) atoms. The first kappa shape index (κ1) is 14.5. The molecule has 1 aromatic heterocycles. The quantitative estimate of drug-likeness (QED) is 0.937. The van der Waals surface area contributed by atoms with Crippen molar-refractivity contribution in [3.05, 3.63) is 30.0 Å². The van der Waals surface area contributed by atoms with Crippen molar-refractivity contribution < 1.29 is 0 Å². The summed E-state index contributed by atoms with van der Waals surface area (Å²) >= 11 is 0. The second kappa shape index (κ2) is 5.78. The number of aryl methyl sites for hydroxylation is 1. The van der Waals surface area contributed by atoms with Crippen LogP contribution in [0.4, 0.5) is 0 Å². The highest BCUT2D eigenvalue weighted by Crippen LogP contribution is 2.29. The SMILES string of the molecule is CN1CCC(C)(CNCc2nn(C)c3ccccc23)CC1.